The molecule has 1 heterocycles. The Morgan fingerprint density at radius 1 is 1.00 bits per heavy atom. The number of aromatic nitrogens is 1. The van der Waals surface area contributed by atoms with Crippen LogP contribution >= 0.6 is 0 Å². The third kappa shape index (κ3) is 2.48. The lowest BCUT2D eigenvalue weighted by Crippen LogP contribution is -2.09. The number of aromatic amines is 1. The van der Waals surface area contributed by atoms with Gasteiger partial charge in [0.1, 0.15) is 5.82 Å². The summed E-state index contributed by atoms with van der Waals surface area (Å²) >= 11 is 0. The normalized spacial score (nSPS) is 12.5. The Bertz CT molecular complexity index is 622. The molecule has 0 aliphatic carbocycles. The van der Waals surface area contributed by atoms with Crippen molar-refractivity contribution in [1.82, 2.24) is 4.98 Å². The summed E-state index contributed by atoms with van der Waals surface area (Å²) in [4.78, 5) is 3.42. The maximum atomic E-state index is 3.58. The van der Waals surface area contributed by atoms with Gasteiger partial charge in [-0.05, 0) is 24.1 Å². The van der Waals surface area contributed by atoms with Crippen LogP contribution in [0.2, 0.25) is 0 Å². The minimum absolute atomic E-state index is 0.342. The van der Waals surface area contributed by atoms with Gasteiger partial charge in [-0.25, -0.2) is 0 Å². The first-order valence-corrected chi connectivity index (χ1v) is 6.76. The highest BCUT2D eigenvalue weighted by molar-refractivity contribution is 5.83. The van der Waals surface area contributed by atoms with E-state index in [1.807, 2.05) is 0 Å². The molecule has 2 nitrogen and oxygen atoms in total. The minimum atomic E-state index is 0.342. The summed E-state index contributed by atoms with van der Waals surface area (Å²) in [5, 5.41) is 4.82. The number of H-pyrrole nitrogens is 1. The van der Waals surface area contributed by atoms with E-state index in [4.69, 9.17) is 0 Å². The van der Waals surface area contributed by atoms with Gasteiger partial charge in [-0.3, -0.25) is 0 Å². The van der Waals surface area contributed by atoms with E-state index in [0.717, 1.165) is 12.2 Å². The molecule has 0 saturated heterocycles. The molecule has 2 N–H and O–H groups in total. The predicted molar refractivity (Wildman–Crippen MR) is 81.4 cm³/mol. The number of anilines is 1. The van der Waals surface area contributed by atoms with E-state index < -0.39 is 0 Å². The highest BCUT2D eigenvalue weighted by Gasteiger charge is 2.09. The molecule has 3 rings (SSSR count). The first-order valence-electron chi connectivity index (χ1n) is 6.76. The summed E-state index contributed by atoms with van der Waals surface area (Å²) in [6, 6.07) is 21.4. The van der Waals surface area contributed by atoms with Crippen LogP contribution < -0.4 is 5.32 Å². The topological polar surface area (TPSA) is 27.8 Å². The van der Waals surface area contributed by atoms with Gasteiger partial charge < -0.3 is 10.3 Å². The number of rotatable bonds is 4. The zero-order valence-electron chi connectivity index (χ0n) is 11.1. The van der Waals surface area contributed by atoms with Gasteiger partial charge in [0.2, 0.25) is 0 Å². The number of hydrogen-bond donors (Lipinski definition) is 2. The number of hydrogen-bond acceptors (Lipinski definition) is 1. The summed E-state index contributed by atoms with van der Waals surface area (Å²) in [6.45, 7) is 2.20. The van der Waals surface area contributed by atoms with Crippen molar-refractivity contribution in [3.8, 4) is 0 Å². The van der Waals surface area contributed by atoms with Gasteiger partial charge in [0.15, 0.2) is 0 Å². The summed E-state index contributed by atoms with van der Waals surface area (Å²) in [7, 11) is 0. The first-order chi connectivity index (χ1) is 9.36. The molecule has 3 aromatic rings. The van der Waals surface area contributed by atoms with Gasteiger partial charge in [-0.1, -0.05) is 55.5 Å². The Hall–Kier alpha value is -2.22. The third-order valence-corrected chi connectivity index (χ3v) is 3.47. The molecule has 1 unspecified atom stereocenters. The quantitative estimate of drug-likeness (QED) is 0.688. The molecule has 0 bridgehead atoms. The van der Waals surface area contributed by atoms with Crippen molar-refractivity contribution in [3.05, 3.63) is 66.2 Å². The molecule has 0 radical (unpaired) electrons. The van der Waals surface area contributed by atoms with Crippen LogP contribution in [-0.4, -0.2) is 4.98 Å². The zero-order chi connectivity index (χ0) is 13.1. The smallest absolute Gasteiger partial charge is 0.104 e. The van der Waals surface area contributed by atoms with E-state index in [0.29, 0.717) is 6.04 Å². The number of benzene rings is 2. The molecule has 19 heavy (non-hydrogen) atoms. The number of para-hydroxylation sites is 1. The average molecular weight is 250 g/mol. The molecule has 2 heteroatoms. The van der Waals surface area contributed by atoms with Gasteiger partial charge in [-0.15, -0.1) is 0 Å². The van der Waals surface area contributed by atoms with Crippen LogP contribution in [-0.2, 0) is 0 Å². The minimum Gasteiger partial charge on any atom is -0.365 e. The maximum absolute atomic E-state index is 3.58. The van der Waals surface area contributed by atoms with Crippen molar-refractivity contribution < 1.29 is 0 Å². The largest absolute Gasteiger partial charge is 0.365 e. The lowest BCUT2D eigenvalue weighted by Gasteiger charge is -2.17. The van der Waals surface area contributed by atoms with E-state index in [-0.39, 0.29) is 0 Å². The van der Waals surface area contributed by atoms with Gasteiger partial charge in [0, 0.05) is 10.9 Å². The number of nitrogens with one attached hydrogen (secondary N) is 2. The van der Waals surface area contributed by atoms with E-state index >= 15 is 0 Å². The van der Waals surface area contributed by atoms with Crippen LogP contribution in [0.1, 0.15) is 24.9 Å². The van der Waals surface area contributed by atoms with Crippen LogP contribution in [0.4, 0.5) is 5.82 Å². The molecule has 0 amide bonds. The molecule has 0 saturated carbocycles. The summed E-state index contributed by atoms with van der Waals surface area (Å²) in [6.07, 6.45) is 1.05. The Morgan fingerprint density at radius 2 is 1.74 bits per heavy atom. The number of fused-ring (bicyclic) bond motifs is 1. The van der Waals surface area contributed by atoms with Gasteiger partial charge in [0.05, 0.1) is 6.04 Å². The Kier molecular flexibility index (Phi) is 3.23. The second-order valence-electron chi connectivity index (χ2n) is 4.79. The molecular formula is C17H18N2. The fraction of sp³-hybridized carbons (Fsp3) is 0.176. The van der Waals surface area contributed by atoms with Crippen LogP contribution in [0.15, 0.2) is 60.7 Å². The van der Waals surface area contributed by atoms with Crippen molar-refractivity contribution in [1.29, 1.82) is 0 Å². The second kappa shape index (κ2) is 5.19. The summed E-state index contributed by atoms with van der Waals surface area (Å²) in [5.41, 5.74) is 2.50. The fourth-order valence-corrected chi connectivity index (χ4v) is 2.45. The SMILES string of the molecule is CCC(Nc1cc2ccccc2[nH]1)c1ccccc1. The standard InChI is InChI=1S/C17H18N2/c1-2-15(13-8-4-3-5-9-13)18-17-12-14-10-6-7-11-16(14)19-17/h3-12,15,18-19H,2H2,1H3. The van der Waals surface area contributed by atoms with Crippen LogP contribution in [0, 0.1) is 0 Å². The molecule has 1 aromatic heterocycles. The predicted octanol–water partition coefficient (Wildman–Crippen LogP) is 4.73. The van der Waals surface area contributed by atoms with Crippen LogP contribution in [0.25, 0.3) is 10.9 Å². The highest BCUT2D eigenvalue weighted by Crippen LogP contribution is 2.24. The Morgan fingerprint density at radius 3 is 2.47 bits per heavy atom. The molecule has 2 aromatic carbocycles. The summed E-state index contributed by atoms with van der Waals surface area (Å²) in [5.74, 6) is 1.08. The monoisotopic (exact) mass is 250 g/mol. The second-order valence-corrected chi connectivity index (χ2v) is 4.79. The zero-order valence-corrected chi connectivity index (χ0v) is 11.1. The fourth-order valence-electron chi connectivity index (χ4n) is 2.45. The molecule has 0 spiro atoms. The van der Waals surface area contributed by atoms with Gasteiger partial charge in [0.25, 0.3) is 0 Å². The van der Waals surface area contributed by atoms with E-state index in [1.54, 1.807) is 0 Å². The van der Waals surface area contributed by atoms with Crippen molar-refractivity contribution in [2.75, 3.05) is 5.32 Å². The van der Waals surface area contributed by atoms with Crippen molar-refractivity contribution in [3.63, 3.8) is 0 Å². The summed E-state index contributed by atoms with van der Waals surface area (Å²) < 4.78 is 0. The molecular weight excluding hydrogens is 232 g/mol. The van der Waals surface area contributed by atoms with Crippen molar-refractivity contribution in [2.24, 2.45) is 0 Å². The maximum Gasteiger partial charge on any atom is 0.104 e. The average Bonchev–Trinajstić information content (AvgIpc) is 2.88. The van der Waals surface area contributed by atoms with E-state index in [2.05, 4.69) is 77.9 Å². The van der Waals surface area contributed by atoms with Gasteiger partial charge >= 0.3 is 0 Å². The molecule has 0 aliphatic heterocycles. The van der Waals surface area contributed by atoms with Crippen molar-refractivity contribution >= 4 is 16.7 Å². The van der Waals surface area contributed by atoms with Gasteiger partial charge in [-0.2, -0.15) is 0 Å². The lowest BCUT2D eigenvalue weighted by atomic mass is 10.0. The lowest BCUT2D eigenvalue weighted by molar-refractivity contribution is 0.746. The molecule has 96 valence electrons. The van der Waals surface area contributed by atoms with Crippen LogP contribution in [0.5, 0.6) is 0 Å². The van der Waals surface area contributed by atoms with Crippen LogP contribution in [0.3, 0.4) is 0 Å². The Labute approximate surface area is 113 Å². The molecule has 0 fully saturated rings. The molecule has 0 aliphatic rings. The van der Waals surface area contributed by atoms with Crippen molar-refractivity contribution in [2.45, 2.75) is 19.4 Å². The van der Waals surface area contributed by atoms with E-state index in [9.17, 15) is 0 Å². The third-order valence-electron chi connectivity index (χ3n) is 3.47. The first kappa shape index (κ1) is 11.8. The highest BCUT2D eigenvalue weighted by atomic mass is 15.0. The Balaban J connectivity index is 1.86. The molecule has 1 atom stereocenters. The van der Waals surface area contributed by atoms with E-state index in [1.165, 1.54) is 16.5 Å².